The van der Waals surface area contributed by atoms with Gasteiger partial charge < -0.3 is 10.1 Å². The van der Waals surface area contributed by atoms with Crippen molar-refractivity contribution < 1.29 is 22.7 Å². The zero-order chi connectivity index (χ0) is 15.3. The van der Waals surface area contributed by atoms with Crippen molar-refractivity contribution in [2.24, 2.45) is 0 Å². The standard InChI is InChI=1S/C13H13F3N2O2/c1-8(2)20-7-12(19)18-10-4-3-9(6-17)11(5-10)13(14,15)16/h3-5,8H,7H2,1-2H3,(H,18,19). The maximum Gasteiger partial charge on any atom is 0.417 e. The van der Waals surface area contributed by atoms with Gasteiger partial charge in [0.25, 0.3) is 0 Å². The second-order valence-corrected chi connectivity index (χ2v) is 4.28. The van der Waals surface area contributed by atoms with Crippen molar-refractivity contribution in [2.45, 2.75) is 26.1 Å². The molecule has 108 valence electrons. The molecule has 0 saturated heterocycles. The SMILES string of the molecule is CC(C)OCC(=O)Nc1ccc(C#N)c(C(F)(F)F)c1. The number of hydrogen-bond donors (Lipinski definition) is 1. The average molecular weight is 286 g/mol. The van der Waals surface area contributed by atoms with E-state index in [1.807, 2.05) is 0 Å². The van der Waals surface area contributed by atoms with Crippen molar-refractivity contribution in [3.05, 3.63) is 29.3 Å². The van der Waals surface area contributed by atoms with Crippen LogP contribution in [-0.4, -0.2) is 18.6 Å². The molecular formula is C13H13F3N2O2. The van der Waals surface area contributed by atoms with Crippen LogP contribution in [0.1, 0.15) is 25.0 Å². The molecule has 0 fully saturated rings. The van der Waals surface area contributed by atoms with Crippen LogP contribution in [0, 0.1) is 11.3 Å². The highest BCUT2D eigenvalue weighted by atomic mass is 19.4. The molecule has 0 aliphatic heterocycles. The monoisotopic (exact) mass is 286 g/mol. The van der Waals surface area contributed by atoms with Gasteiger partial charge >= 0.3 is 6.18 Å². The fraction of sp³-hybridized carbons (Fsp3) is 0.385. The number of rotatable bonds is 4. The third-order valence-electron chi connectivity index (χ3n) is 2.28. The minimum Gasteiger partial charge on any atom is -0.369 e. The summed E-state index contributed by atoms with van der Waals surface area (Å²) in [7, 11) is 0. The van der Waals surface area contributed by atoms with E-state index >= 15 is 0 Å². The lowest BCUT2D eigenvalue weighted by Gasteiger charge is -2.12. The van der Waals surface area contributed by atoms with Crippen molar-refractivity contribution in [3.8, 4) is 6.07 Å². The van der Waals surface area contributed by atoms with Crippen LogP contribution in [0.2, 0.25) is 0 Å². The third kappa shape index (κ3) is 4.55. The highest BCUT2D eigenvalue weighted by Crippen LogP contribution is 2.33. The van der Waals surface area contributed by atoms with E-state index in [9.17, 15) is 18.0 Å². The van der Waals surface area contributed by atoms with E-state index in [4.69, 9.17) is 10.00 Å². The van der Waals surface area contributed by atoms with Crippen LogP contribution >= 0.6 is 0 Å². The fourth-order valence-electron chi connectivity index (χ4n) is 1.39. The normalized spacial score (nSPS) is 11.2. The van der Waals surface area contributed by atoms with Gasteiger partial charge in [0.15, 0.2) is 0 Å². The van der Waals surface area contributed by atoms with Gasteiger partial charge in [-0.25, -0.2) is 0 Å². The van der Waals surface area contributed by atoms with Gasteiger partial charge in [0, 0.05) is 5.69 Å². The summed E-state index contributed by atoms with van der Waals surface area (Å²) >= 11 is 0. The molecule has 0 heterocycles. The summed E-state index contributed by atoms with van der Waals surface area (Å²) in [5.74, 6) is -0.559. The van der Waals surface area contributed by atoms with Crippen LogP contribution in [0.3, 0.4) is 0 Å². The van der Waals surface area contributed by atoms with Crippen molar-refractivity contribution in [1.82, 2.24) is 0 Å². The second kappa shape index (κ2) is 6.39. The van der Waals surface area contributed by atoms with Gasteiger partial charge in [-0.3, -0.25) is 4.79 Å². The Kier molecular flexibility index (Phi) is 5.11. The van der Waals surface area contributed by atoms with E-state index in [2.05, 4.69) is 5.32 Å². The van der Waals surface area contributed by atoms with Crippen molar-refractivity contribution in [1.29, 1.82) is 5.26 Å². The highest BCUT2D eigenvalue weighted by Gasteiger charge is 2.33. The lowest BCUT2D eigenvalue weighted by molar-refractivity contribution is -0.137. The first-order chi connectivity index (χ1) is 9.24. The molecule has 0 saturated carbocycles. The van der Waals surface area contributed by atoms with Gasteiger partial charge in [-0.05, 0) is 32.0 Å². The third-order valence-corrected chi connectivity index (χ3v) is 2.28. The van der Waals surface area contributed by atoms with E-state index in [1.54, 1.807) is 13.8 Å². The summed E-state index contributed by atoms with van der Waals surface area (Å²) < 4.78 is 43.2. The first kappa shape index (κ1) is 16.0. The molecular weight excluding hydrogens is 273 g/mol. The van der Waals surface area contributed by atoms with Crippen LogP contribution < -0.4 is 5.32 Å². The number of alkyl halides is 3. The number of carbonyl (C=O) groups is 1. The van der Waals surface area contributed by atoms with E-state index in [0.29, 0.717) is 0 Å². The predicted octanol–water partition coefficient (Wildman–Crippen LogP) is 2.94. The van der Waals surface area contributed by atoms with Crippen LogP contribution in [0.25, 0.3) is 0 Å². The molecule has 20 heavy (non-hydrogen) atoms. The molecule has 0 atom stereocenters. The second-order valence-electron chi connectivity index (χ2n) is 4.28. The topological polar surface area (TPSA) is 62.1 Å². The molecule has 1 N–H and O–H groups in total. The number of nitriles is 1. The number of benzene rings is 1. The summed E-state index contributed by atoms with van der Waals surface area (Å²) in [6, 6.07) is 4.45. The summed E-state index contributed by atoms with van der Waals surface area (Å²) in [6.07, 6.45) is -4.81. The van der Waals surface area contributed by atoms with Crippen molar-refractivity contribution in [3.63, 3.8) is 0 Å². The summed E-state index contributed by atoms with van der Waals surface area (Å²) in [5.41, 5.74) is -1.61. The van der Waals surface area contributed by atoms with Crippen molar-refractivity contribution >= 4 is 11.6 Å². The van der Waals surface area contributed by atoms with Crippen LogP contribution in [0.15, 0.2) is 18.2 Å². The molecule has 7 heteroatoms. The van der Waals surface area contributed by atoms with Gasteiger partial charge in [0.2, 0.25) is 5.91 Å². The predicted molar refractivity (Wildman–Crippen MR) is 65.9 cm³/mol. The Labute approximate surface area is 114 Å². The number of halogens is 3. The number of carbonyl (C=O) groups excluding carboxylic acids is 1. The Bertz CT molecular complexity index is 533. The Morgan fingerprint density at radius 3 is 2.60 bits per heavy atom. The maximum atomic E-state index is 12.7. The Morgan fingerprint density at radius 2 is 2.10 bits per heavy atom. The lowest BCUT2D eigenvalue weighted by atomic mass is 10.1. The van der Waals surface area contributed by atoms with E-state index < -0.39 is 23.2 Å². The number of nitrogens with one attached hydrogen (secondary N) is 1. The van der Waals surface area contributed by atoms with Crippen LogP contribution in [0.5, 0.6) is 0 Å². The Hall–Kier alpha value is -2.07. The molecule has 1 aromatic carbocycles. The average Bonchev–Trinajstić information content (AvgIpc) is 2.35. The van der Waals surface area contributed by atoms with Crippen molar-refractivity contribution in [2.75, 3.05) is 11.9 Å². The number of nitrogens with zero attached hydrogens (tertiary/aromatic N) is 1. The minimum absolute atomic E-state index is 0.0336. The van der Waals surface area contributed by atoms with E-state index in [-0.39, 0.29) is 18.4 Å². The molecule has 0 unspecified atom stereocenters. The first-order valence-corrected chi connectivity index (χ1v) is 5.77. The van der Waals surface area contributed by atoms with Crippen LogP contribution in [-0.2, 0) is 15.7 Å². The molecule has 0 aliphatic rings. The largest absolute Gasteiger partial charge is 0.417 e. The van der Waals surface area contributed by atoms with Gasteiger partial charge in [-0.2, -0.15) is 18.4 Å². The molecule has 1 amide bonds. The number of amides is 1. The Balaban J connectivity index is 2.88. The number of ether oxygens (including phenoxy) is 1. The summed E-state index contributed by atoms with van der Waals surface area (Å²) in [5, 5.41) is 10.9. The number of hydrogen-bond acceptors (Lipinski definition) is 3. The van der Waals surface area contributed by atoms with Gasteiger partial charge in [-0.15, -0.1) is 0 Å². The quantitative estimate of drug-likeness (QED) is 0.925. The maximum absolute atomic E-state index is 12.7. The lowest BCUT2D eigenvalue weighted by Crippen LogP contribution is -2.21. The Morgan fingerprint density at radius 1 is 1.45 bits per heavy atom. The molecule has 0 aromatic heterocycles. The molecule has 4 nitrogen and oxygen atoms in total. The molecule has 1 aromatic rings. The fourth-order valence-corrected chi connectivity index (χ4v) is 1.39. The van der Waals surface area contributed by atoms with Gasteiger partial charge in [-0.1, -0.05) is 0 Å². The molecule has 0 aliphatic carbocycles. The summed E-state index contributed by atoms with van der Waals surface area (Å²) in [4.78, 5) is 11.4. The summed E-state index contributed by atoms with van der Waals surface area (Å²) in [6.45, 7) is 3.21. The first-order valence-electron chi connectivity index (χ1n) is 5.77. The minimum atomic E-state index is -4.65. The molecule has 1 rings (SSSR count). The van der Waals surface area contributed by atoms with Gasteiger partial charge in [0.05, 0.1) is 23.3 Å². The smallest absolute Gasteiger partial charge is 0.369 e. The van der Waals surface area contributed by atoms with Crippen LogP contribution in [0.4, 0.5) is 18.9 Å². The number of anilines is 1. The van der Waals surface area contributed by atoms with Gasteiger partial charge in [0.1, 0.15) is 6.61 Å². The molecule has 0 bridgehead atoms. The highest BCUT2D eigenvalue weighted by molar-refractivity contribution is 5.91. The molecule has 0 spiro atoms. The molecule has 0 radical (unpaired) electrons. The zero-order valence-corrected chi connectivity index (χ0v) is 10.9. The van der Waals surface area contributed by atoms with E-state index in [1.165, 1.54) is 12.1 Å². The zero-order valence-electron chi connectivity index (χ0n) is 10.9. The van der Waals surface area contributed by atoms with E-state index in [0.717, 1.165) is 12.1 Å².